The fourth-order valence-corrected chi connectivity index (χ4v) is 5.36. The fraction of sp³-hybridized carbons (Fsp3) is 0.333. The molecule has 0 unspecified atom stereocenters. The number of aryl methyl sites for hydroxylation is 2. The van der Waals surface area contributed by atoms with E-state index in [2.05, 4.69) is 87.4 Å². The molecule has 0 atom stereocenters. The van der Waals surface area contributed by atoms with Crippen molar-refractivity contribution in [1.82, 2.24) is 9.55 Å². The summed E-state index contributed by atoms with van der Waals surface area (Å²) in [6.07, 6.45) is 2.34. The van der Waals surface area contributed by atoms with Gasteiger partial charge in [-0.1, -0.05) is 45.9 Å². The third-order valence-corrected chi connectivity index (χ3v) is 7.45. The van der Waals surface area contributed by atoms with Crippen molar-refractivity contribution in [2.45, 2.75) is 65.2 Å². The molecule has 5 rings (SSSR count). The van der Waals surface area contributed by atoms with E-state index in [1.165, 1.54) is 35.1 Å². The summed E-state index contributed by atoms with van der Waals surface area (Å²) < 4.78 is 2.29. The van der Waals surface area contributed by atoms with Crippen LogP contribution in [0.3, 0.4) is 0 Å². The standard InChI is InChI=1S/C30H30N3.Ir/c1-19-10-8-11-20(2)27(19)33-26-18-24-23(29(3,4)14-15-30(24,5)6)17-25(26)32-28(33)21-12-9-13-22(16-21)31-7;/h8-11,13,16-18H,14-15H2,1-6H3;/q-1;. The second-order valence-electron chi connectivity index (χ2n) is 10.7. The summed E-state index contributed by atoms with van der Waals surface area (Å²) in [6.45, 7) is 21.2. The zero-order valence-electron chi connectivity index (χ0n) is 20.7. The number of hydrogen-bond donors (Lipinski definition) is 0. The van der Waals surface area contributed by atoms with Crippen molar-refractivity contribution in [2.24, 2.45) is 0 Å². The molecule has 0 N–H and O–H groups in total. The first-order valence-electron chi connectivity index (χ1n) is 11.7. The predicted octanol–water partition coefficient (Wildman–Crippen LogP) is 8.01. The molecule has 1 radical (unpaired) electrons. The molecule has 1 aliphatic carbocycles. The Morgan fingerprint density at radius 1 is 0.941 bits per heavy atom. The quantitative estimate of drug-likeness (QED) is 0.207. The summed E-state index contributed by atoms with van der Waals surface area (Å²) in [4.78, 5) is 8.81. The maximum absolute atomic E-state index is 7.48. The van der Waals surface area contributed by atoms with Crippen LogP contribution in [0.15, 0.2) is 48.5 Å². The Kier molecular flexibility index (Phi) is 6.09. The van der Waals surface area contributed by atoms with E-state index in [0.29, 0.717) is 5.69 Å². The monoisotopic (exact) mass is 625 g/mol. The number of imidazole rings is 1. The van der Waals surface area contributed by atoms with E-state index < -0.39 is 0 Å². The molecule has 1 aromatic heterocycles. The maximum atomic E-state index is 7.48. The molecule has 0 saturated carbocycles. The van der Waals surface area contributed by atoms with E-state index in [-0.39, 0.29) is 30.9 Å². The van der Waals surface area contributed by atoms with Crippen molar-refractivity contribution < 1.29 is 20.1 Å². The molecule has 4 heteroatoms. The zero-order chi connectivity index (χ0) is 23.5. The summed E-state index contributed by atoms with van der Waals surface area (Å²) in [5.74, 6) is 0.839. The van der Waals surface area contributed by atoms with Gasteiger partial charge in [-0.2, -0.15) is 6.07 Å². The fourth-order valence-electron chi connectivity index (χ4n) is 5.36. The van der Waals surface area contributed by atoms with Gasteiger partial charge < -0.3 is 4.57 Å². The van der Waals surface area contributed by atoms with Gasteiger partial charge in [0.2, 0.25) is 0 Å². The van der Waals surface area contributed by atoms with Crippen molar-refractivity contribution in [3.05, 3.63) is 88.3 Å². The van der Waals surface area contributed by atoms with Crippen molar-refractivity contribution in [2.75, 3.05) is 0 Å². The molecular weight excluding hydrogens is 595 g/mol. The Balaban J connectivity index is 0.00000274. The number of rotatable bonds is 2. The predicted molar refractivity (Wildman–Crippen MR) is 136 cm³/mol. The second kappa shape index (κ2) is 8.49. The van der Waals surface area contributed by atoms with Crippen molar-refractivity contribution in [3.8, 4) is 17.1 Å². The van der Waals surface area contributed by atoms with Crippen LogP contribution in [0.2, 0.25) is 0 Å². The Hall–Kier alpha value is -2.73. The summed E-state index contributed by atoms with van der Waals surface area (Å²) in [5, 5.41) is 0. The molecule has 0 bridgehead atoms. The van der Waals surface area contributed by atoms with Crippen LogP contribution in [0.1, 0.15) is 62.8 Å². The van der Waals surface area contributed by atoms with Crippen LogP contribution >= 0.6 is 0 Å². The van der Waals surface area contributed by atoms with E-state index in [1.807, 2.05) is 12.1 Å². The summed E-state index contributed by atoms with van der Waals surface area (Å²) in [6, 6.07) is 20.0. The van der Waals surface area contributed by atoms with Gasteiger partial charge in [-0.05, 0) is 71.9 Å². The summed E-state index contributed by atoms with van der Waals surface area (Å²) >= 11 is 0. The third kappa shape index (κ3) is 3.82. The van der Waals surface area contributed by atoms with Crippen molar-refractivity contribution in [1.29, 1.82) is 0 Å². The van der Waals surface area contributed by atoms with Gasteiger partial charge in [0.1, 0.15) is 5.69 Å². The molecule has 0 fully saturated rings. The van der Waals surface area contributed by atoms with Crippen LogP contribution in [0.5, 0.6) is 0 Å². The number of para-hydroxylation sites is 1. The van der Waals surface area contributed by atoms with E-state index in [1.54, 1.807) is 6.07 Å². The first kappa shape index (κ1) is 24.4. The van der Waals surface area contributed by atoms with Crippen LogP contribution in [-0.2, 0) is 30.9 Å². The minimum atomic E-state index is 0. The average molecular weight is 625 g/mol. The number of nitrogens with zero attached hydrogens (tertiary/aromatic N) is 3. The minimum Gasteiger partial charge on any atom is -0.333 e. The Morgan fingerprint density at radius 2 is 1.56 bits per heavy atom. The third-order valence-electron chi connectivity index (χ3n) is 7.45. The molecule has 1 aliphatic rings. The van der Waals surface area contributed by atoms with Gasteiger partial charge in [-0.3, -0.25) is 9.83 Å². The molecule has 0 amide bonds. The smallest absolute Gasteiger partial charge is 0.109 e. The van der Waals surface area contributed by atoms with Gasteiger partial charge in [0, 0.05) is 25.8 Å². The normalized spacial score (nSPS) is 15.9. The van der Waals surface area contributed by atoms with Crippen LogP contribution in [0.25, 0.3) is 33.0 Å². The number of benzene rings is 3. The van der Waals surface area contributed by atoms with E-state index >= 15 is 0 Å². The largest absolute Gasteiger partial charge is 0.333 e. The summed E-state index contributed by atoms with van der Waals surface area (Å²) in [7, 11) is 0. The molecule has 4 aromatic rings. The molecule has 3 nitrogen and oxygen atoms in total. The molecular formula is C30H30IrN3-. The van der Waals surface area contributed by atoms with Gasteiger partial charge in [0.25, 0.3) is 0 Å². The van der Waals surface area contributed by atoms with Gasteiger partial charge in [0.05, 0.1) is 23.4 Å². The van der Waals surface area contributed by atoms with Crippen molar-refractivity contribution in [3.63, 3.8) is 0 Å². The van der Waals surface area contributed by atoms with Gasteiger partial charge in [-0.15, -0.1) is 23.8 Å². The van der Waals surface area contributed by atoms with Crippen LogP contribution in [0.4, 0.5) is 5.69 Å². The SMILES string of the molecule is [C-]#[N+]c1cc[c-]c(-c2nc3cc4c(cc3n2-c2c(C)cccc2C)C(C)(C)CCC4(C)C)c1.[Ir]. The minimum absolute atomic E-state index is 0. The molecule has 175 valence electrons. The van der Waals surface area contributed by atoms with Gasteiger partial charge >= 0.3 is 0 Å². The Labute approximate surface area is 216 Å². The number of fused-ring (bicyclic) bond motifs is 2. The Bertz CT molecular complexity index is 1430. The zero-order valence-corrected chi connectivity index (χ0v) is 23.1. The molecule has 0 aliphatic heterocycles. The van der Waals surface area contributed by atoms with E-state index in [0.717, 1.165) is 28.1 Å². The van der Waals surface area contributed by atoms with E-state index in [4.69, 9.17) is 11.6 Å². The molecule has 1 heterocycles. The van der Waals surface area contributed by atoms with Gasteiger partial charge in [-0.25, -0.2) is 0 Å². The molecule has 34 heavy (non-hydrogen) atoms. The molecule has 0 spiro atoms. The number of hydrogen-bond acceptors (Lipinski definition) is 1. The van der Waals surface area contributed by atoms with Crippen molar-refractivity contribution >= 4 is 16.7 Å². The first-order chi connectivity index (χ1) is 15.6. The van der Waals surface area contributed by atoms with E-state index in [9.17, 15) is 0 Å². The van der Waals surface area contributed by atoms with Gasteiger partial charge in [0.15, 0.2) is 0 Å². The van der Waals surface area contributed by atoms with Crippen LogP contribution in [0, 0.1) is 26.5 Å². The van der Waals surface area contributed by atoms with Crippen LogP contribution < -0.4 is 0 Å². The Morgan fingerprint density at radius 3 is 2.18 bits per heavy atom. The van der Waals surface area contributed by atoms with Crippen LogP contribution in [-0.4, -0.2) is 9.55 Å². The second-order valence-corrected chi connectivity index (χ2v) is 10.7. The first-order valence-corrected chi connectivity index (χ1v) is 11.7. The number of aromatic nitrogens is 2. The maximum Gasteiger partial charge on any atom is 0.109 e. The topological polar surface area (TPSA) is 22.2 Å². The molecule has 3 aromatic carbocycles. The average Bonchev–Trinajstić information content (AvgIpc) is 3.15. The summed E-state index contributed by atoms with van der Waals surface area (Å²) in [5.41, 5.74) is 10.2. The molecule has 0 saturated heterocycles.